The molecule has 29 heavy (non-hydrogen) atoms. The summed E-state index contributed by atoms with van der Waals surface area (Å²) in [4.78, 5) is 24.3. The molecule has 0 spiro atoms. The summed E-state index contributed by atoms with van der Waals surface area (Å²) >= 11 is 6.29. The number of hydrogen-bond acceptors (Lipinski definition) is 4. The Labute approximate surface area is 170 Å². The Kier molecular flexibility index (Phi) is 6.11. The quantitative estimate of drug-likeness (QED) is 0.423. The molecule has 0 saturated heterocycles. The average Bonchev–Trinajstić information content (AvgIpc) is 2.73. The number of amides is 2. The minimum atomic E-state index is -0.732. The summed E-state index contributed by atoms with van der Waals surface area (Å²) in [6, 6.07) is 15.0. The summed E-state index contributed by atoms with van der Waals surface area (Å²) in [5, 5.41) is 11.6. The molecule has 0 bridgehead atoms. The van der Waals surface area contributed by atoms with Gasteiger partial charge in [-0.2, -0.15) is 0 Å². The minimum absolute atomic E-state index is 0.126. The molecular formula is C21H16ClFN2O4. The van der Waals surface area contributed by atoms with Crippen molar-refractivity contribution in [2.45, 2.75) is 0 Å². The lowest BCUT2D eigenvalue weighted by molar-refractivity contribution is 0.0706. The molecule has 0 saturated carbocycles. The monoisotopic (exact) mass is 414 g/mol. The first kappa shape index (κ1) is 20.3. The molecule has 3 rings (SSSR count). The Bertz CT molecular complexity index is 1070. The molecule has 0 aliphatic rings. The predicted octanol–water partition coefficient (Wildman–Crippen LogP) is 4.53. The van der Waals surface area contributed by atoms with Crippen molar-refractivity contribution in [1.82, 2.24) is 5.48 Å². The topological polar surface area (TPSA) is 87.7 Å². The molecule has 0 atom stereocenters. The summed E-state index contributed by atoms with van der Waals surface area (Å²) in [6.45, 7) is 0. The zero-order valence-corrected chi connectivity index (χ0v) is 16.0. The van der Waals surface area contributed by atoms with Crippen LogP contribution in [0.5, 0.6) is 5.75 Å². The van der Waals surface area contributed by atoms with Crippen LogP contribution in [0.1, 0.15) is 20.7 Å². The van der Waals surface area contributed by atoms with Crippen LogP contribution >= 0.6 is 11.6 Å². The van der Waals surface area contributed by atoms with Crippen LogP contribution in [-0.2, 0) is 0 Å². The van der Waals surface area contributed by atoms with E-state index in [0.29, 0.717) is 5.75 Å². The highest BCUT2D eigenvalue weighted by atomic mass is 35.5. The van der Waals surface area contributed by atoms with E-state index in [1.807, 2.05) is 0 Å². The molecule has 2 amide bonds. The van der Waals surface area contributed by atoms with Crippen molar-refractivity contribution < 1.29 is 23.9 Å². The van der Waals surface area contributed by atoms with Crippen LogP contribution in [0.25, 0.3) is 11.1 Å². The molecule has 0 fully saturated rings. The smallest absolute Gasteiger partial charge is 0.274 e. The van der Waals surface area contributed by atoms with E-state index in [2.05, 4.69) is 5.32 Å². The highest BCUT2D eigenvalue weighted by molar-refractivity contribution is 6.34. The number of hydroxylamine groups is 1. The molecule has 3 aromatic rings. The van der Waals surface area contributed by atoms with Gasteiger partial charge in [0.15, 0.2) is 0 Å². The number of halogens is 2. The largest absolute Gasteiger partial charge is 0.495 e. The maximum Gasteiger partial charge on any atom is 0.274 e. The van der Waals surface area contributed by atoms with E-state index in [9.17, 15) is 14.0 Å². The Balaban J connectivity index is 1.87. The molecule has 6 nitrogen and oxygen atoms in total. The second kappa shape index (κ2) is 8.72. The van der Waals surface area contributed by atoms with Crippen molar-refractivity contribution in [1.29, 1.82) is 0 Å². The number of methoxy groups -OCH3 is 1. The van der Waals surface area contributed by atoms with Crippen LogP contribution in [0.15, 0.2) is 60.7 Å². The number of hydrogen-bond donors (Lipinski definition) is 3. The van der Waals surface area contributed by atoms with Gasteiger partial charge >= 0.3 is 0 Å². The van der Waals surface area contributed by atoms with Crippen molar-refractivity contribution >= 4 is 29.1 Å². The molecule has 148 valence electrons. The van der Waals surface area contributed by atoms with Gasteiger partial charge in [0.2, 0.25) is 0 Å². The van der Waals surface area contributed by atoms with E-state index in [-0.39, 0.29) is 27.7 Å². The maximum atomic E-state index is 13.1. The van der Waals surface area contributed by atoms with Crippen molar-refractivity contribution in [2.75, 3.05) is 12.4 Å². The molecule has 0 aliphatic heterocycles. The minimum Gasteiger partial charge on any atom is -0.495 e. The van der Waals surface area contributed by atoms with Gasteiger partial charge in [0.25, 0.3) is 11.8 Å². The summed E-state index contributed by atoms with van der Waals surface area (Å²) in [7, 11) is 1.42. The van der Waals surface area contributed by atoms with Gasteiger partial charge < -0.3 is 10.1 Å². The van der Waals surface area contributed by atoms with Crippen LogP contribution in [0.4, 0.5) is 10.1 Å². The van der Waals surface area contributed by atoms with Crippen LogP contribution in [0.3, 0.4) is 0 Å². The van der Waals surface area contributed by atoms with Gasteiger partial charge in [0.05, 0.1) is 23.4 Å². The predicted molar refractivity (Wildman–Crippen MR) is 107 cm³/mol. The number of benzene rings is 3. The van der Waals surface area contributed by atoms with E-state index in [0.717, 1.165) is 11.1 Å². The Morgan fingerprint density at radius 1 is 0.966 bits per heavy atom. The van der Waals surface area contributed by atoms with Gasteiger partial charge in [-0.05, 0) is 53.6 Å². The molecule has 3 N–H and O–H groups in total. The first-order valence-electron chi connectivity index (χ1n) is 8.42. The van der Waals surface area contributed by atoms with Gasteiger partial charge in [-0.15, -0.1) is 0 Å². The third-order valence-corrected chi connectivity index (χ3v) is 4.52. The van der Waals surface area contributed by atoms with E-state index < -0.39 is 11.8 Å². The summed E-state index contributed by atoms with van der Waals surface area (Å²) in [6.07, 6.45) is 0. The normalized spacial score (nSPS) is 10.3. The van der Waals surface area contributed by atoms with Gasteiger partial charge in [0.1, 0.15) is 11.6 Å². The Morgan fingerprint density at radius 3 is 2.28 bits per heavy atom. The molecule has 3 aromatic carbocycles. The van der Waals surface area contributed by atoms with Gasteiger partial charge in [-0.1, -0.05) is 29.8 Å². The maximum absolute atomic E-state index is 13.1. The number of nitrogens with one attached hydrogen (secondary N) is 2. The standard InChI is InChI=1S/C21H16ClFN2O4/c1-29-19-9-5-14(20(26)25-28)11-18(19)24-21(27)16-8-4-13(10-17(16)22)12-2-6-15(23)7-3-12/h2-11,28H,1H3,(H,24,27)(H,25,26). The lowest BCUT2D eigenvalue weighted by Crippen LogP contribution is -2.19. The van der Waals surface area contributed by atoms with Crippen molar-refractivity contribution in [2.24, 2.45) is 0 Å². The van der Waals surface area contributed by atoms with Gasteiger partial charge in [-0.25, -0.2) is 9.87 Å². The van der Waals surface area contributed by atoms with E-state index in [1.165, 1.54) is 42.9 Å². The van der Waals surface area contributed by atoms with Crippen LogP contribution in [0, 0.1) is 5.82 Å². The molecule has 0 radical (unpaired) electrons. The summed E-state index contributed by atoms with van der Waals surface area (Å²) in [5.74, 6) is -1.26. The zero-order chi connectivity index (χ0) is 21.0. The number of carbonyl (C=O) groups excluding carboxylic acids is 2. The van der Waals surface area contributed by atoms with Gasteiger partial charge in [-0.3, -0.25) is 14.8 Å². The second-order valence-electron chi connectivity index (χ2n) is 6.01. The Morgan fingerprint density at radius 2 is 1.66 bits per heavy atom. The lowest BCUT2D eigenvalue weighted by Gasteiger charge is -2.13. The SMILES string of the molecule is COc1ccc(C(=O)NO)cc1NC(=O)c1ccc(-c2ccc(F)cc2)cc1Cl. The van der Waals surface area contributed by atoms with Crippen molar-refractivity contribution in [3.8, 4) is 16.9 Å². The molecule has 8 heteroatoms. The zero-order valence-electron chi connectivity index (χ0n) is 15.2. The van der Waals surface area contributed by atoms with Crippen LogP contribution in [0.2, 0.25) is 5.02 Å². The van der Waals surface area contributed by atoms with Crippen LogP contribution in [-0.4, -0.2) is 24.1 Å². The molecule has 0 heterocycles. The fourth-order valence-corrected chi connectivity index (χ4v) is 2.99. The van der Waals surface area contributed by atoms with E-state index in [1.54, 1.807) is 30.3 Å². The fourth-order valence-electron chi connectivity index (χ4n) is 2.72. The Hall–Kier alpha value is -3.42. The number of rotatable bonds is 5. The van der Waals surface area contributed by atoms with Crippen molar-refractivity contribution in [3.05, 3.63) is 82.6 Å². The molecular weight excluding hydrogens is 399 g/mol. The molecule has 0 aromatic heterocycles. The van der Waals surface area contributed by atoms with E-state index in [4.69, 9.17) is 21.5 Å². The van der Waals surface area contributed by atoms with Crippen molar-refractivity contribution in [3.63, 3.8) is 0 Å². The first-order valence-corrected chi connectivity index (χ1v) is 8.80. The van der Waals surface area contributed by atoms with Gasteiger partial charge in [0, 0.05) is 5.56 Å². The number of anilines is 1. The second-order valence-corrected chi connectivity index (χ2v) is 6.42. The highest BCUT2D eigenvalue weighted by Crippen LogP contribution is 2.29. The third-order valence-electron chi connectivity index (χ3n) is 4.20. The number of carbonyl (C=O) groups is 2. The third kappa shape index (κ3) is 4.53. The average molecular weight is 415 g/mol. The molecule has 0 unspecified atom stereocenters. The van der Waals surface area contributed by atoms with E-state index >= 15 is 0 Å². The lowest BCUT2D eigenvalue weighted by atomic mass is 10.0. The first-order chi connectivity index (χ1) is 13.9. The number of ether oxygens (including phenoxy) is 1. The summed E-state index contributed by atoms with van der Waals surface area (Å²) in [5.41, 5.74) is 3.58. The fraction of sp³-hybridized carbons (Fsp3) is 0.0476. The molecule has 0 aliphatic carbocycles. The highest BCUT2D eigenvalue weighted by Gasteiger charge is 2.16. The summed E-state index contributed by atoms with van der Waals surface area (Å²) < 4.78 is 18.3. The van der Waals surface area contributed by atoms with Crippen LogP contribution < -0.4 is 15.5 Å².